The first-order valence-corrected chi connectivity index (χ1v) is 4.37. The van der Waals surface area contributed by atoms with Gasteiger partial charge in [0.1, 0.15) is 0 Å². The molecular weight excluding hydrogens is 176 g/mol. The van der Waals surface area contributed by atoms with Crippen LogP contribution in [0.15, 0.2) is 42.6 Å². The molecule has 0 saturated heterocycles. The van der Waals surface area contributed by atoms with Crippen molar-refractivity contribution in [3.63, 3.8) is 0 Å². The lowest BCUT2D eigenvalue weighted by Gasteiger charge is -2.03. The maximum Gasteiger partial charge on any atom is 0.152 e. The van der Waals surface area contributed by atoms with Gasteiger partial charge >= 0.3 is 0 Å². The highest BCUT2D eigenvalue weighted by Gasteiger charge is 1.93. The predicted molar refractivity (Wildman–Crippen MR) is 53.6 cm³/mol. The monoisotopic (exact) mass is 186 g/mol. The molecule has 0 bridgehead atoms. The Hall–Kier alpha value is -1.97. The number of nitrogens with zero attached hydrogens (tertiary/aromatic N) is 3. The van der Waals surface area contributed by atoms with Crippen molar-refractivity contribution in [1.82, 2.24) is 15.4 Å². The molecule has 0 fully saturated rings. The molecule has 2 rings (SSSR count). The number of benzene rings is 1. The van der Waals surface area contributed by atoms with Gasteiger partial charge in [-0.05, 0) is 10.8 Å². The lowest BCUT2D eigenvalue weighted by atomic mass is 10.2. The van der Waals surface area contributed by atoms with Crippen molar-refractivity contribution in [2.45, 2.75) is 6.54 Å². The summed E-state index contributed by atoms with van der Waals surface area (Å²) in [7, 11) is 0. The molecule has 4 nitrogen and oxygen atoms in total. The van der Waals surface area contributed by atoms with E-state index < -0.39 is 0 Å². The third kappa shape index (κ3) is 2.26. The summed E-state index contributed by atoms with van der Waals surface area (Å²) in [6.07, 6.45) is 1.61. The SMILES string of the molecule is c1ccc(CNc2ccnnn2)cc1. The fraction of sp³-hybridized carbons (Fsp3) is 0.100. The summed E-state index contributed by atoms with van der Waals surface area (Å²) in [6, 6.07) is 11.9. The molecule has 1 aromatic carbocycles. The molecule has 0 radical (unpaired) electrons. The molecule has 0 aliphatic rings. The summed E-state index contributed by atoms with van der Waals surface area (Å²) >= 11 is 0. The number of hydrogen-bond acceptors (Lipinski definition) is 4. The van der Waals surface area contributed by atoms with Crippen molar-refractivity contribution in [3.8, 4) is 0 Å². The highest BCUT2D eigenvalue weighted by Crippen LogP contribution is 2.02. The Balaban J connectivity index is 1.96. The van der Waals surface area contributed by atoms with Crippen LogP contribution in [0.1, 0.15) is 5.56 Å². The van der Waals surface area contributed by atoms with Crippen molar-refractivity contribution >= 4 is 5.82 Å². The van der Waals surface area contributed by atoms with Crippen LogP contribution in [0.25, 0.3) is 0 Å². The van der Waals surface area contributed by atoms with Crippen LogP contribution in [0.5, 0.6) is 0 Å². The average Bonchev–Trinajstić information content (AvgIpc) is 2.29. The number of nitrogens with one attached hydrogen (secondary N) is 1. The van der Waals surface area contributed by atoms with E-state index in [-0.39, 0.29) is 0 Å². The zero-order valence-electron chi connectivity index (χ0n) is 7.59. The van der Waals surface area contributed by atoms with Gasteiger partial charge in [0.05, 0.1) is 6.20 Å². The van der Waals surface area contributed by atoms with Gasteiger partial charge in [0.25, 0.3) is 0 Å². The van der Waals surface area contributed by atoms with Gasteiger partial charge in [0.15, 0.2) is 5.82 Å². The lowest BCUT2D eigenvalue weighted by Crippen LogP contribution is -2.02. The topological polar surface area (TPSA) is 50.7 Å². The Bertz CT molecular complexity index is 334. The largest absolute Gasteiger partial charge is 0.364 e. The Morgan fingerprint density at radius 2 is 1.93 bits per heavy atom. The molecule has 70 valence electrons. The molecule has 0 saturated carbocycles. The molecule has 14 heavy (non-hydrogen) atoms. The Labute approximate surface area is 82.0 Å². The normalized spacial score (nSPS) is 9.71. The third-order valence-electron chi connectivity index (χ3n) is 1.82. The van der Waals surface area contributed by atoms with Gasteiger partial charge in [-0.3, -0.25) is 0 Å². The number of anilines is 1. The third-order valence-corrected chi connectivity index (χ3v) is 1.82. The van der Waals surface area contributed by atoms with Crippen LogP contribution in [0, 0.1) is 0 Å². The minimum absolute atomic E-state index is 0.740. The quantitative estimate of drug-likeness (QED) is 0.788. The van der Waals surface area contributed by atoms with Crippen molar-refractivity contribution in [2.24, 2.45) is 0 Å². The smallest absolute Gasteiger partial charge is 0.152 e. The van der Waals surface area contributed by atoms with E-state index in [1.54, 1.807) is 12.3 Å². The number of hydrogen-bond donors (Lipinski definition) is 1. The highest BCUT2D eigenvalue weighted by molar-refractivity contribution is 5.32. The van der Waals surface area contributed by atoms with Crippen molar-refractivity contribution in [1.29, 1.82) is 0 Å². The average molecular weight is 186 g/mol. The van der Waals surface area contributed by atoms with Crippen LogP contribution in [0.4, 0.5) is 5.82 Å². The van der Waals surface area contributed by atoms with Crippen molar-refractivity contribution in [3.05, 3.63) is 48.2 Å². The van der Waals surface area contributed by atoms with E-state index in [0.717, 1.165) is 12.4 Å². The van der Waals surface area contributed by atoms with E-state index in [1.807, 2.05) is 18.2 Å². The van der Waals surface area contributed by atoms with Crippen LogP contribution in [-0.4, -0.2) is 15.4 Å². The van der Waals surface area contributed by atoms with Crippen molar-refractivity contribution in [2.75, 3.05) is 5.32 Å². The van der Waals surface area contributed by atoms with Gasteiger partial charge in [-0.25, -0.2) is 0 Å². The maximum atomic E-state index is 3.82. The zero-order chi connectivity index (χ0) is 9.64. The summed E-state index contributed by atoms with van der Waals surface area (Å²) in [5.41, 5.74) is 1.21. The van der Waals surface area contributed by atoms with E-state index in [4.69, 9.17) is 0 Å². The molecule has 0 aliphatic carbocycles. The molecule has 0 unspecified atom stereocenters. The highest BCUT2D eigenvalue weighted by atomic mass is 15.3. The van der Waals surface area contributed by atoms with E-state index in [2.05, 4.69) is 32.9 Å². The van der Waals surface area contributed by atoms with Crippen LogP contribution in [0.2, 0.25) is 0 Å². The van der Waals surface area contributed by atoms with Gasteiger partial charge < -0.3 is 5.32 Å². The standard InChI is InChI=1S/C10H10N4/c1-2-4-9(5-3-1)8-11-10-6-7-12-14-13-10/h1-7H,8H2,(H,11,12,13). The Kier molecular flexibility index (Phi) is 2.66. The van der Waals surface area contributed by atoms with Gasteiger partial charge in [0, 0.05) is 12.6 Å². The first kappa shape index (κ1) is 8.62. The minimum Gasteiger partial charge on any atom is -0.364 e. The predicted octanol–water partition coefficient (Wildman–Crippen LogP) is 1.48. The second-order valence-electron chi connectivity index (χ2n) is 2.85. The summed E-state index contributed by atoms with van der Waals surface area (Å²) in [5.74, 6) is 0.740. The summed E-state index contributed by atoms with van der Waals surface area (Å²) < 4.78 is 0. The molecule has 1 aromatic heterocycles. The molecular formula is C10H10N4. The van der Waals surface area contributed by atoms with Crippen molar-refractivity contribution < 1.29 is 0 Å². The molecule has 0 amide bonds. The lowest BCUT2D eigenvalue weighted by molar-refractivity contribution is 0.861. The minimum atomic E-state index is 0.740. The Morgan fingerprint density at radius 3 is 2.64 bits per heavy atom. The molecule has 2 aromatic rings. The number of rotatable bonds is 3. The molecule has 1 heterocycles. The van der Waals surface area contributed by atoms with Gasteiger partial charge in [-0.2, -0.15) is 0 Å². The number of aromatic nitrogens is 3. The summed E-state index contributed by atoms with van der Waals surface area (Å²) in [4.78, 5) is 0. The molecule has 1 N–H and O–H groups in total. The van der Waals surface area contributed by atoms with Crippen LogP contribution in [0.3, 0.4) is 0 Å². The van der Waals surface area contributed by atoms with E-state index in [9.17, 15) is 0 Å². The maximum absolute atomic E-state index is 3.82. The molecule has 4 heteroatoms. The second-order valence-corrected chi connectivity index (χ2v) is 2.85. The zero-order valence-corrected chi connectivity index (χ0v) is 7.59. The fourth-order valence-corrected chi connectivity index (χ4v) is 1.12. The molecule has 0 aliphatic heterocycles. The van der Waals surface area contributed by atoms with E-state index >= 15 is 0 Å². The van der Waals surface area contributed by atoms with Crippen LogP contribution in [-0.2, 0) is 6.54 Å². The summed E-state index contributed by atoms with van der Waals surface area (Å²) in [5, 5.41) is 14.1. The second kappa shape index (κ2) is 4.32. The summed E-state index contributed by atoms with van der Waals surface area (Å²) in [6.45, 7) is 0.750. The van der Waals surface area contributed by atoms with Gasteiger partial charge in [0.2, 0.25) is 0 Å². The Morgan fingerprint density at radius 1 is 1.07 bits per heavy atom. The van der Waals surface area contributed by atoms with E-state index in [1.165, 1.54) is 5.56 Å². The molecule has 0 atom stereocenters. The van der Waals surface area contributed by atoms with Crippen LogP contribution >= 0.6 is 0 Å². The fourth-order valence-electron chi connectivity index (χ4n) is 1.12. The first-order chi connectivity index (χ1) is 6.95. The van der Waals surface area contributed by atoms with Gasteiger partial charge in [-0.1, -0.05) is 30.3 Å². The van der Waals surface area contributed by atoms with E-state index in [0.29, 0.717) is 0 Å². The first-order valence-electron chi connectivity index (χ1n) is 4.37. The molecule has 0 spiro atoms. The van der Waals surface area contributed by atoms with Gasteiger partial charge in [-0.15, -0.1) is 10.2 Å². The van der Waals surface area contributed by atoms with Crippen LogP contribution < -0.4 is 5.32 Å².